The van der Waals surface area contributed by atoms with Crippen molar-refractivity contribution in [1.82, 2.24) is 20.5 Å². The zero-order valence-corrected chi connectivity index (χ0v) is 18.1. The normalized spacial score (nSPS) is 16.7. The Balaban J connectivity index is 1.45. The van der Waals surface area contributed by atoms with Gasteiger partial charge in [-0.2, -0.15) is 0 Å². The first kappa shape index (κ1) is 21.6. The second kappa shape index (κ2) is 8.86. The van der Waals surface area contributed by atoms with Gasteiger partial charge in [-0.15, -0.1) is 0 Å². The number of aryl methyl sites for hydroxylation is 1. The fourth-order valence-electron chi connectivity index (χ4n) is 4.16. The highest BCUT2D eigenvalue weighted by molar-refractivity contribution is 6.34. The Hall–Kier alpha value is -3.62. The fraction of sp³-hybridized carbons (Fsp3) is 0.348. The van der Waals surface area contributed by atoms with Gasteiger partial charge in [0.2, 0.25) is 0 Å². The first-order valence-corrected chi connectivity index (χ1v) is 10.7. The van der Waals surface area contributed by atoms with Crippen molar-refractivity contribution in [2.45, 2.75) is 26.7 Å². The molecule has 0 radical (unpaired) electrons. The van der Waals surface area contributed by atoms with Gasteiger partial charge in [-0.05, 0) is 56.5 Å². The zero-order valence-electron chi connectivity index (χ0n) is 18.1. The van der Waals surface area contributed by atoms with Crippen LogP contribution in [0.4, 0.5) is 14.9 Å². The second-order valence-electron chi connectivity index (χ2n) is 8.05. The number of nitrogens with one attached hydrogen (secondary N) is 4. The third kappa shape index (κ3) is 4.23. The molecule has 0 bridgehead atoms. The average Bonchev–Trinajstić information content (AvgIpc) is 3.21. The smallest absolute Gasteiger partial charge is 0.317 e. The van der Waals surface area contributed by atoms with Gasteiger partial charge >= 0.3 is 6.03 Å². The summed E-state index contributed by atoms with van der Waals surface area (Å²) in [6, 6.07) is 4.09. The van der Waals surface area contributed by atoms with E-state index in [0.29, 0.717) is 65.4 Å². The summed E-state index contributed by atoms with van der Waals surface area (Å²) in [7, 11) is 0. The molecule has 0 aliphatic carbocycles. The molecule has 0 unspecified atom stereocenters. The molecule has 3 heterocycles. The van der Waals surface area contributed by atoms with Crippen molar-refractivity contribution in [2.75, 3.05) is 31.5 Å². The number of rotatable bonds is 6. The number of carbonyl (C=O) groups is 3. The van der Waals surface area contributed by atoms with E-state index in [1.807, 2.05) is 6.92 Å². The van der Waals surface area contributed by atoms with Crippen molar-refractivity contribution in [1.29, 1.82) is 0 Å². The van der Waals surface area contributed by atoms with Gasteiger partial charge in [-0.3, -0.25) is 9.59 Å². The second-order valence-corrected chi connectivity index (χ2v) is 8.05. The summed E-state index contributed by atoms with van der Waals surface area (Å²) in [5.41, 5.74) is 3.93. The lowest BCUT2D eigenvalue weighted by Gasteiger charge is -2.27. The fourth-order valence-corrected chi connectivity index (χ4v) is 4.16. The Morgan fingerprint density at radius 3 is 2.88 bits per heavy atom. The molecule has 1 saturated heterocycles. The van der Waals surface area contributed by atoms with Gasteiger partial charge in [-0.1, -0.05) is 0 Å². The topological polar surface area (TPSA) is 106 Å². The van der Waals surface area contributed by atoms with Crippen LogP contribution in [0.15, 0.2) is 18.2 Å². The number of hydrogen-bond acceptors (Lipinski definition) is 3. The summed E-state index contributed by atoms with van der Waals surface area (Å²) in [6.07, 6.45) is 3.23. The molecule has 32 heavy (non-hydrogen) atoms. The van der Waals surface area contributed by atoms with Gasteiger partial charge in [0, 0.05) is 48.8 Å². The van der Waals surface area contributed by atoms with Crippen LogP contribution in [0.25, 0.3) is 11.6 Å². The molecule has 4 rings (SSSR count). The van der Waals surface area contributed by atoms with Gasteiger partial charge in [0.05, 0.1) is 11.1 Å². The molecule has 1 aromatic heterocycles. The Kier molecular flexibility index (Phi) is 5.98. The Morgan fingerprint density at radius 2 is 2.09 bits per heavy atom. The summed E-state index contributed by atoms with van der Waals surface area (Å²) in [5.74, 6) is -0.955. The minimum Gasteiger partial charge on any atom is -0.358 e. The van der Waals surface area contributed by atoms with Crippen molar-refractivity contribution in [3.05, 3.63) is 52.1 Å². The molecule has 1 aromatic carbocycles. The quantitative estimate of drug-likeness (QED) is 0.411. The van der Waals surface area contributed by atoms with Crippen LogP contribution >= 0.6 is 0 Å². The number of benzene rings is 1. The third-order valence-electron chi connectivity index (χ3n) is 5.82. The molecule has 1 fully saturated rings. The molecule has 8 nitrogen and oxygen atoms in total. The molecular formula is C23H26FN5O3. The van der Waals surface area contributed by atoms with Crippen molar-refractivity contribution in [3.8, 4) is 0 Å². The van der Waals surface area contributed by atoms with Gasteiger partial charge in [-0.25, -0.2) is 9.18 Å². The van der Waals surface area contributed by atoms with Gasteiger partial charge < -0.3 is 25.8 Å². The standard InChI is InChI=1S/C23H26FN5O3/c1-13-19(12-17-16-11-15(24)5-6-18(16)28-21(17)30)27-14(2)20(13)22(31)25-7-3-9-29-10-4-8-26-23(29)32/h5-6,11-12,27H,3-4,7-10H2,1-2H3,(H,25,31)(H,26,32)(H,28,30). The van der Waals surface area contributed by atoms with Gasteiger partial charge in [0.25, 0.3) is 11.8 Å². The predicted molar refractivity (Wildman–Crippen MR) is 120 cm³/mol. The van der Waals surface area contributed by atoms with Crippen LogP contribution < -0.4 is 16.0 Å². The van der Waals surface area contributed by atoms with E-state index in [9.17, 15) is 18.8 Å². The number of carbonyl (C=O) groups excluding carboxylic acids is 3. The van der Waals surface area contributed by atoms with Crippen LogP contribution in [0.1, 0.15) is 45.7 Å². The lowest BCUT2D eigenvalue weighted by Crippen LogP contribution is -2.47. The summed E-state index contributed by atoms with van der Waals surface area (Å²) >= 11 is 0. The third-order valence-corrected chi connectivity index (χ3v) is 5.82. The van der Waals surface area contributed by atoms with Gasteiger partial charge in [0.15, 0.2) is 0 Å². The molecule has 2 aliphatic rings. The molecule has 4 N–H and O–H groups in total. The number of anilines is 1. The molecule has 0 spiro atoms. The van der Waals surface area contributed by atoms with Crippen LogP contribution in [0.2, 0.25) is 0 Å². The highest BCUT2D eigenvalue weighted by Crippen LogP contribution is 2.34. The van der Waals surface area contributed by atoms with Crippen LogP contribution in [0.3, 0.4) is 0 Å². The molecule has 9 heteroatoms. The van der Waals surface area contributed by atoms with Crippen molar-refractivity contribution in [2.24, 2.45) is 0 Å². The van der Waals surface area contributed by atoms with E-state index in [2.05, 4.69) is 20.9 Å². The lowest BCUT2D eigenvalue weighted by atomic mass is 10.0. The van der Waals surface area contributed by atoms with E-state index in [1.54, 1.807) is 17.9 Å². The minimum atomic E-state index is -0.423. The Morgan fingerprint density at radius 1 is 1.28 bits per heavy atom. The number of amides is 4. The predicted octanol–water partition coefficient (Wildman–Crippen LogP) is 2.80. The highest BCUT2D eigenvalue weighted by Gasteiger charge is 2.26. The molecule has 4 amide bonds. The largest absolute Gasteiger partial charge is 0.358 e. The first-order chi connectivity index (χ1) is 15.3. The Bertz CT molecular complexity index is 1120. The number of halogens is 1. The highest BCUT2D eigenvalue weighted by atomic mass is 19.1. The van der Waals surface area contributed by atoms with E-state index in [-0.39, 0.29) is 17.8 Å². The number of hydrogen-bond donors (Lipinski definition) is 4. The van der Waals surface area contributed by atoms with Crippen LogP contribution in [0, 0.1) is 19.7 Å². The van der Waals surface area contributed by atoms with E-state index in [0.717, 1.165) is 13.0 Å². The van der Waals surface area contributed by atoms with E-state index < -0.39 is 5.82 Å². The molecule has 168 valence electrons. The summed E-state index contributed by atoms with van der Waals surface area (Å²) in [4.78, 5) is 41.8. The monoisotopic (exact) mass is 439 g/mol. The number of H-pyrrole nitrogens is 1. The Labute approximate surface area is 185 Å². The molecule has 2 aliphatic heterocycles. The minimum absolute atomic E-state index is 0.0602. The zero-order chi connectivity index (χ0) is 22.8. The van der Waals surface area contributed by atoms with Crippen molar-refractivity contribution >= 4 is 35.2 Å². The maximum Gasteiger partial charge on any atom is 0.317 e. The number of nitrogens with zero attached hydrogens (tertiary/aromatic N) is 1. The van der Waals surface area contributed by atoms with E-state index in [1.165, 1.54) is 18.2 Å². The number of fused-ring (bicyclic) bond motifs is 1. The molecule has 0 atom stereocenters. The summed E-state index contributed by atoms with van der Waals surface area (Å²) < 4.78 is 13.7. The SMILES string of the molecule is Cc1[nH]c(C=C2C(=O)Nc3ccc(F)cc32)c(C)c1C(=O)NCCCN1CCCNC1=O. The van der Waals surface area contributed by atoms with E-state index >= 15 is 0 Å². The first-order valence-electron chi connectivity index (χ1n) is 10.7. The average molecular weight is 439 g/mol. The van der Waals surface area contributed by atoms with Crippen LogP contribution in [0.5, 0.6) is 0 Å². The number of aromatic amines is 1. The van der Waals surface area contributed by atoms with Crippen molar-refractivity contribution in [3.63, 3.8) is 0 Å². The summed E-state index contributed by atoms with van der Waals surface area (Å²) in [5, 5.41) is 8.44. The summed E-state index contributed by atoms with van der Waals surface area (Å²) in [6.45, 7) is 6.07. The maximum absolute atomic E-state index is 13.7. The maximum atomic E-state index is 13.7. The molecule has 0 saturated carbocycles. The molecular weight excluding hydrogens is 413 g/mol. The molecule has 2 aromatic rings. The van der Waals surface area contributed by atoms with Gasteiger partial charge in [0.1, 0.15) is 5.82 Å². The van der Waals surface area contributed by atoms with E-state index in [4.69, 9.17) is 0 Å². The lowest BCUT2D eigenvalue weighted by molar-refractivity contribution is -0.110. The number of urea groups is 1. The van der Waals surface area contributed by atoms with Crippen molar-refractivity contribution < 1.29 is 18.8 Å². The number of aromatic nitrogens is 1. The van der Waals surface area contributed by atoms with Crippen LogP contribution in [-0.4, -0.2) is 53.9 Å². The van der Waals surface area contributed by atoms with Crippen LogP contribution in [-0.2, 0) is 4.79 Å².